The van der Waals surface area contributed by atoms with Crippen LogP contribution in [-0.2, 0) is 4.79 Å². The van der Waals surface area contributed by atoms with Gasteiger partial charge in [-0.15, -0.1) is 36.6 Å². The topological polar surface area (TPSA) is 124 Å². The number of carbonyl (C=O) groups excluding carboxylic acids is 1. The summed E-state index contributed by atoms with van der Waals surface area (Å²) in [4.78, 5) is 26.1. The lowest BCUT2D eigenvalue weighted by Gasteiger charge is -2.35. The largest absolute Gasteiger partial charge is 0.367 e. The Hall–Kier alpha value is -1.64. The van der Waals surface area contributed by atoms with Gasteiger partial charge in [-0.25, -0.2) is 15.4 Å². The smallest absolute Gasteiger partial charge is 0.287 e. The van der Waals surface area contributed by atoms with Crippen LogP contribution in [0.3, 0.4) is 0 Å². The molecule has 1 saturated carbocycles. The van der Waals surface area contributed by atoms with E-state index in [1.165, 1.54) is 24.0 Å². The van der Waals surface area contributed by atoms with E-state index in [1.54, 1.807) is 13.0 Å². The molecule has 2 N–H and O–H groups in total. The molecule has 0 radical (unpaired) electrons. The average Bonchev–Trinajstić information content (AvgIpc) is 3.06. The molecular weight excluding hydrogens is 439 g/mol. The van der Waals surface area contributed by atoms with Gasteiger partial charge in [0, 0.05) is 23.9 Å². The number of carbonyl (C=O) groups is 1. The van der Waals surface area contributed by atoms with Crippen LogP contribution >= 0.6 is 36.6 Å². The number of pyridine rings is 1. The zero-order chi connectivity index (χ0) is 19.4. The fraction of sp³-hybridized carbons (Fsp3) is 0.588. The van der Waals surface area contributed by atoms with Crippen LogP contribution < -0.4 is 10.7 Å². The molecule has 1 aromatic rings. The summed E-state index contributed by atoms with van der Waals surface area (Å²) < 4.78 is 0. The Balaban J connectivity index is 0.00000210. The van der Waals surface area contributed by atoms with E-state index >= 15 is 0 Å². The number of hydrazine groups is 1. The molecule has 2 unspecified atom stereocenters. The van der Waals surface area contributed by atoms with Gasteiger partial charge in [0.2, 0.25) is 0 Å². The van der Waals surface area contributed by atoms with E-state index in [-0.39, 0.29) is 59.8 Å². The van der Waals surface area contributed by atoms with Crippen molar-refractivity contribution in [1.29, 1.82) is 5.26 Å². The Morgan fingerprint density at radius 3 is 2.48 bits per heavy atom. The predicted octanol–water partition coefficient (Wildman–Crippen LogP) is 2.92. The number of nitrogens with zero attached hydrogens (tertiary/aromatic N) is 4. The molecule has 1 aliphatic heterocycles. The Bertz CT molecular complexity index is 740. The second kappa shape index (κ2) is 11.5. The molecule has 1 aliphatic carbocycles. The number of nitriles is 1. The van der Waals surface area contributed by atoms with Crippen LogP contribution in [0.15, 0.2) is 18.3 Å². The molecule has 0 amide bonds. The highest BCUT2D eigenvalue weighted by atomic mass is 35.5. The van der Waals surface area contributed by atoms with Crippen molar-refractivity contribution < 1.29 is 9.72 Å². The van der Waals surface area contributed by atoms with Crippen LogP contribution in [0.25, 0.3) is 0 Å². The monoisotopic (exact) mass is 462 g/mol. The Labute approximate surface area is 185 Å². The third-order valence-corrected chi connectivity index (χ3v) is 6.25. The molecule has 0 bridgehead atoms. The highest BCUT2D eigenvalue weighted by molar-refractivity contribution is 8.00. The van der Waals surface area contributed by atoms with Gasteiger partial charge >= 0.3 is 0 Å². The number of Topliss-reactive ketones (excluding diaryl/α,β-unsaturated/α-hetero) is 1. The number of hydrogen-bond acceptors (Lipinski definition) is 9. The zero-order valence-corrected chi connectivity index (χ0v) is 18.3. The molecule has 0 spiro atoms. The maximum atomic E-state index is 11.8. The van der Waals surface area contributed by atoms with Gasteiger partial charge in [-0.1, -0.05) is 0 Å². The predicted molar refractivity (Wildman–Crippen MR) is 116 cm³/mol. The molecule has 0 aromatic carbocycles. The number of hydrogen-bond donors (Lipinski definition) is 2. The van der Waals surface area contributed by atoms with Gasteiger partial charge < -0.3 is 5.32 Å². The van der Waals surface area contributed by atoms with E-state index in [9.17, 15) is 20.2 Å². The summed E-state index contributed by atoms with van der Waals surface area (Å²) in [5.74, 6) is 1.33. The van der Waals surface area contributed by atoms with Crippen molar-refractivity contribution in [2.75, 3.05) is 11.1 Å². The van der Waals surface area contributed by atoms with E-state index in [0.717, 1.165) is 25.7 Å². The van der Waals surface area contributed by atoms with Crippen molar-refractivity contribution >= 4 is 53.9 Å². The lowest BCUT2D eigenvalue weighted by atomic mass is 9.91. The van der Waals surface area contributed by atoms with Gasteiger partial charge in [-0.3, -0.25) is 14.9 Å². The van der Waals surface area contributed by atoms with Gasteiger partial charge in [-0.05, 0) is 38.7 Å². The van der Waals surface area contributed by atoms with Gasteiger partial charge in [0.05, 0.1) is 11.0 Å². The van der Waals surface area contributed by atoms with E-state index in [1.807, 2.05) is 5.01 Å². The molecule has 1 aromatic heterocycles. The lowest BCUT2D eigenvalue weighted by molar-refractivity contribution is -0.385. The third kappa shape index (κ3) is 6.42. The molecule has 12 heteroatoms. The van der Waals surface area contributed by atoms with Crippen molar-refractivity contribution in [3.8, 4) is 6.07 Å². The number of anilines is 1. The van der Waals surface area contributed by atoms with E-state index in [4.69, 9.17) is 0 Å². The summed E-state index contributed by atoms with van der Waals surface area (Å²) >= 11 is 1.51. The number of nitro groups is 1. The summed E-state index contributed by atoms with van der Waals surface area (Å²) in [7, 11) is 0. The minimum Gasteiger partial charge on any atom is -0.367 e. The van der Waals surface area contributed by atoms with Gasteiger partial charge in [-0.2, -0.15) is 5.26 Å². The molecule has 2 fully saturated rings. The highest BCUT2D eigenvalue weighted by Gasteiger charge is 2.38. The van der Waals surface area contributed by atoms with Crippen LogP contribution in [0.1, 0.15) is 32.6 Å². The molecule has 1 saturated heterocycles. The molecule has 2 heterocycles. The maximum absolute atomic E-state index is 11.8. The van der Waals surface area contributed by atoms with Crippen molar-refractivity contribution in [3.63, 3.8) is 0 Å². The highest BCUT2D eigenvalue weighted by Crippen LogP contribution is 2.30. The van der Waals surface area contributed by atoms with Crippen LogP contribution in [0.2, 0.25) is 0 Å². The van der Waals surface area contributed by atoms with Gasteiger partial charge in [0.15, 0.2) is 5.78 Å². The molecule has 2 atom stereocenters. The minimum atomic E-state index is -0.465. The van der Waals surface area contributed by atoms with Crippen molar-refractivity contribution in [2.24, 2.45) is 0 Å². The van der Waals surface area contributed by atoms with Crippen molar-refractivity contribution in [3.05, 3.63) is 28.4 Å². The SMILES string of the molecule is CC(=O)C1SCC(C#N)N1NC1CCC(Nc2ccc([N+](=O)[O-])cn2)CC1.Cl.Cl. The first kappa shape index (κ1) is 25.4. The number of halogens is 2. The van der Waals surface area contributed by atoms with Crippen LogP contribution in [0.4, 0.5) is 11.5 Å². The number of aromatic nitrogens is 1. The number of thioether (sulfide) groups is 1. The lowest BCUT2D eigenvalue weighted by Crippen LogP contribution is -2.53. The van der Waals surface area contributed by atoms with E-state index in [2.05, 4.69) is 21.8 Å². The zero-order valence-electron chi connectivity index (χ0n) is 15.8. The summed E-state index contributed by atoms with van der Waals surface area (Å²) in [6.07, 6.45) is 4.91. The summed E-state index contributed by atoms with van der Waals surface area (Å²) in [6.45, 7) is 1.56. The Morgan fingerprint density at radius 1 is 1.31 bits per heavy atom. The third-order valence-electron chi connectivity index (χ3n) is 4.87. The summed E-state index contributed by atoms with van der Waals surface area (Å²) in [5.41, 5.74) is 3.38. The first-order valence-corrected chi connectivity index (χ1v) is 9.96. The standard InChI is InChI=1S/C17H22N6O3S.2ClH/c1-11(24)17-22(15(8-18)10-27-17)21-13-4-2-12(3-5-13)20-16-7-6-14(9-19-16)23(25)26;;/h6-7,9,12-13,15,17,21H,2-5,10H2,1H3,(H,19,20);2*1H. The van der Waals surface area contributed by atoms with Crippen molar-refractivity contribution in [2.45, 2.75) is 56.1 Å². The van der Waals surface area contributed by atoms with E-state index < -0.39 is 4.92 Å². The Kier molecular flexibility index (Phi) is 10.1. The molecule has 3 rings (SSSR count). The van der Waals surface area contributed by atoms with Crippen LogP contribution in [0, 0.1) is 21.4 Å². The summed E-state index contributed by atoms with van der Waals surface area (Å²) in [5, 5.41) is 24.8. The normalized spacial score (nSPS) is 26.5. The maximum Gasteiger partial charge on any atom is 0.287 e. The molecule has 9 nitrogen and oxygen atoms in total. The first-order chi connectivity index (χ1) is 13.0. The molecule has 160 valence electrons. The molecule has 2 aliphatic rings. The van der Waals surface area contributed by atoms with E-state index in [0.29, 0.717) is 11.6 Å². The number of ketones is 1. The average molecular weight is 463 g/mol. The number of rotatable bonds is 6. The van der Waals surface area contributed by atoms with Gasteiger partial charge in [0.1, 0.15) is 23.4 Å². The van der Waals surface area contributed by atoms with Crippen molar-refractivity contribution in [1.82, 2.24) is 15.4 Å². The minimum absolute atomic E-state index is 0. The fourth-order valence-electron chi connectivity index (χ4n) is 3.44. The first-order valence-electron chi connectivity index (χ1n) is 8.91. The Morgan fingerprint density at radius 2 is 1.97 bits per heavy atom. The number of nitrogens with one attached hydrogen (secondary N) is 2. The quantitative estimate of drug-likeness (QED) is 0.484. The molecule has 29 heavy (non-hydrogen) atoms. The fourth-order valence-corrected chi connectivity index (χ4v) is 4.65. The second-order valence-corrected chi connectivity index (χ2v) is 7.94. The van der Waals surface area contributed by atoms with Gasteiger partial charge in [0.25, 0.3) is 5.69 Å². The molecular formula is C17H24Cl2N6O3S. The summed E-state index contributed by atoms with van der Waals surface area (Å²) in [6, 6.07) is 5.52. The second-order valence-electron chi connectivity index (χ2n) is 6.83. The van der Waals surface area contributed by atoms with Crippen LogP contribution in [0.5, 0.6) is 0 Å². The van der Waals surface area contributed by atoms with Crippen LogP contribution in [-0.4, -0.2) is 50.0 Å².